The summed E-state index contributed by atoms with van der Waals surface area (Å²) in [5.74, 6) is -0.890. The molecule has 1 fully saturated rings. The van der Waals surface area contributed by atoms with Crippen LogP contribution in [0.1, 0.15) is 18.5 Å². The van der Waals surface area contributed by atoms with Crippen LogP contribution in [-0.2, 0) is 16.0 Å². The van der Waals surface area contributed by atoms with Crippen molar-refractivity contribution in [3.8, 4) is 0 Å². The van der Waals surface area contributed by atoms with Crippen LogP contribution in [0, 0.1) is 5.92 Å². The Kier molecular flexibility index (Phi) is 4.54. The molecule has 1 aromatic rings. The summed E-state index contributed by atoms with van der Waals surface area (Å²) in [7, 11) is 0. The first kappa shape index (κ1) is 14.3. The summed E-state index contributed by atoms with van der Waals surface area (Å²) < 4.78 is 0. The first-order valence-electron chi connectivity index (χ1n) is 6.07. The number of aliphatic carboxylic acids is 1. The average Bonchev–Trinajstić information content (AvgIpc) is 3.00. The maximum atomic E-state index is 11.9. The maximum absolute atomic E-state index is 11.9. The Morgan fingerprint density at radius 2 is 2.50 bits per heavy atom. The second kappa shape index (κ2) is 6.36. The van der Waals surface area contributed by atoms with Gasteiger partial charge in [0.1, 0.15) is 0 Å². The number of carboxylic acid groups (broad SMARTS) is 1. The van der Waals surface area contributed by atoms with Crippen molar-refractivity contribution in [3.63, 3.8) is 0 Å². The van der Waals surface area contributed by atoms with Gasteiger partial charge in [-0.1, -0.05) is 5.11 Å². The Bertz CT molecular complexity index is 566. The van der Waals surface area contributed by atoms with E-state index in [2.05, 4.69) is 15.0 Å². The highest BCUT2D eigenvalue weighted by atomic mass is 32.1. The molecule has 1 unspecified atom stereocenters. The molecule has 1 N–H and O–H groups in total. The highest BCUT2D eigenvalue weighted by molar-refractivity contribution is 7.14. The van der Waals surface area contributed by atoms with Gasteiger partial charge in [0.15, 0.2) is 5.13 Å². The molecular formula is C11H13N5O3S. The summed E-state index contributed by atoms with van der Waals surface area (Å²) in [6.45, 7) is 0.791. The van der Waals surface area contributed by atoms with E-state index in [1.807, 2.05) is 0 Å². The number of thiazole rings is 1. The standard InChI is InChI=1S/C11H13N5O3S/c12-15-13-4-7-3-9(17)16(5-7)11-14-8(6-20-11)1-2-10(18)19/h6-7H,1-5H2,(H,18,19). The monoisotopic (exact) mass is 295 g/mol. The van der Waals surface area contributed by atoms with Crippen LogP contribution in [0.5, 0.6) is 0 Å². The van der Waals surface area contributed by atoms with Crippen LogP contribution in [0.25, 0.3) is 10.4 Å². The van der Waals surface area contributed by atoms with Crippen LogP contribution >= 0.6 is 11.3 Å². The van der Waals surface area contributed by atoms with Gasteiger partial charge < -0.3 is 5.11 Å². The van der Waals surface area contributed by atoms with E-state index in [-0.39, 0.29) is 18.2 Å². The van der Waals surface area contributed by atoms with Gasteiger partial charge in [0, 0.05) is 36.2 Å². The molecule has 1 aromatic heterocycles. The van der Waals surface area contributed by atoms with E-state index in [4.69, 9.17) is 10.6 Å². The fraction of sp³-hybridized carbons (Fsp3) is 0.545. The first-order valence-corrected chi connectivity index (χ1v) is 6.95. The van der Waals surface area contributed by atoms with Crippen molar-refractivity contribution in [2.45, 2.75) is 19.3 Å². The van der Waals surface area contributed by atoms with Gasteiger partial charge in [0.2, 0.25) is 5.91 Å². The molecule has 9 heteroatoms. The fourth-order valence-electron chi connectivity index (χ4n) is 2.01. The number of carbonyl (C=O) groups excluding carboxylic acids is 1. The second-order valence-corrected chi connectivity index (χ2v) is 5.34. The SMILES string of the molecule is [N-]=[N+]=NCC1CC(=O)N(c2nc(CCC(=O)O)cs2)C1. The number of carboxylic acids is 1. The largest absolute Gasteiger partial charge is 0.481 e. The van der Waals surface area contributed by atoms with Crippen LogP contribution in [0.2, 0.25) is 0 Å². The van der Waals surface area contributed by atoms with Crippen molar-refractivity contribution in [1.82, 2.24) is 4.98 Å². The summed E-state index contributed by atoms with van der Waals surface area (Å²) in [5, 5.41) is 14.5. The van der Waals surface area contributed by atoms with E-state index >= 15 is 0 Å². The summed E-state index contributed by atoms with van der Waals surface area (Å²) in [6.07, 6.45) is 0.732. The minimum absolute atomic E-state index is 0.0183. The smallest absolute Gasteiger partial charge is 0.303 e. The Hall–Kier alpha value is -2.12. The van der Waals surface area contributed by atoms with Gasteiger partial charge in [-0.25, -0.2) is 4.98 Å². The van der Waals surface area contributed by atoms with Gasteiger partial charge >= 0.3 is 5.97 Å². The number of rotatable bonds is 6. The van der Waals surface area contributed by atoms with Gasteiger partial charge in [-0.05, 0) is 11.4 Å². The van der Waals surface area contributed by atoms with Gasteiger partial charge in [0.25, 0.3) is 0 Å². The third kappa shape index (κ3) is 3.46. The summed E-state index contributed by atoms with van der Waals surface area (Å²) in [6, 6.07) is 0. The molecule has 1 aliphatic rings. The van der Waals surface area contributed by atoms with Gasteiger partial charge in [-0.2, -0.15) is 0 Å². The summed E-state index contributed by atoms with van der Waals surface area (Å²) >= 11 is 1.33. The third-order valence-corrected chi connectivity index (χ3v) is 3.89. The lowest BCUT2D eigenvalue weighted by Gasteiger charge is -2.11. The molecule has 106 valence electrons. The normalized spacial score (nSPS) is 18.1. The quantitative estimate of drug-likeness (QED) is 0.489. The lowest BCUT2D eigenvalue weighted by Crippen LogP contribution is -2.24. The van der Waals surface area contributed by atoms with Crippen molar-refractivity contribution < 1.29 is 14.7 Å². The molecule has 1 saturated heterocycles. The van der Waals surface area contributed by atoms with Crippen LogP contribution in [0.4, 0.5) is 5.13 Å². The van der Waals surface area contributed by atoms with E-state index in [9.17, 15) is 9.59 Å². The highest BCUT2D eigenvalue weighted by Crippen LogP contribution is 2.28. The van der Waals surface area contributed by atoms with E-state index in [1.54, 1.807) is 10.3 Å². The number of amides is 1. The molecule has 1 atom stereocenters. The van der Waals surface area contributed by atoms with E-state index in [1.165, 1.54) is 11.3 Å². The Morgan fingerprint density at radius 3 is 3.20 bits per heavy atom. The van der Waals surface area contributed by atoms with Crippen LogP contribution in [-0.4, -0.2) is 35.1 Å². The number of carbonyl (C=O) groups is 2. The Morgan fingerprint density at radius 1 is 1.70 bits per heavy atom. The van der Waals surface area contributed by atoms with E-state index < -0.39 is 5.97 Å². The first-order chi connectivity index (χ1) is 9.60. The molecule has 0 bridgehead atoms. The number of hydrogen-bond acceptors (Lipinski definition) is 5. The number of hydrogen-bond donors (Lipinski definition) is 1. The lowest BCUT2D eigenvalue weighted by atomic mass is 10.1. The molecule has 0 spiro atoms. The molecule has 1 aliphatic heterocycles. The number of azide groups is 1. The van der Waals surface area contributed by atoms with Gasteiger partial charge in [0.05, 0.1) is 12.1 Å². The van der Waals surface area contributed by atoms with Crippen molar-refractivity contribution in [1.29, 1.82) is 0 Å². The summed E-state index contributed by atoms with van der Waals surface area (Å²) in [5.41, 5.74) is 8.96. The molecule has 2 heterocycles. The van der Waals surface area contributed by atoms with Crippen molar-refractivity contribution in [2.24, 2.45) is 11.0 Å². The molecule has 0 aromatic carbocycles. The topological polar surface area (TPSA) is 119 Å². The predicted octanol–water partition coefficient (Wildman–Crippen LogP) is 1.82. The number of anilines is 1. The molecule has 20 heavy (non-hydrogen) atoms. The zero-order valence-corrected chi connectivity index (χ0v) is 11.4. The third-order valence-electron chi connectivity index (χ3n) is 2.97. The van der Waals surface area contributed by atoms with Crippen molar-refractivity contribution in [3.05, 3.63) is 21.5 Å². The second-order valence-electron chi connectivity index (χ2n) is 4.50. The Balaban J connectivity index is 1.99. The minimum Gasteiger partial charge on any atom is -0.481 e. The number of nitrogens with zero attached hydrogens (tertiary/aromatic N) is 5. The van der Waals surface area contributed by atoms with Crippen molar-refractivity contribution in [2.75, 3.05) is 18.0 Å². The molecule has 1 amide bonds. The molecule has 0 radical (unpaired) electrons. The molecule has 8 nitrogen and oxygen atoms in total. The average molecular weight is 295 g/mol. The van der Waals surface area contributed by atoms with Crippen LogP contribution < -0.4 is 4.90 Å². The minimum atomic E-state index is -0.869. The zero-order chi connectivity index (χ0) is 14.5. The predicted molar refractivity (Wildman–Crippen MR) is 72.5 cm³/mol. The summed E-state index contributed by atoms with van der Waals surface area (Å²) in [4.78, 5) is 30.9. The Labute approximate surface area is 118 Å². The van der Waals surface area contributed by atoms with Crippen LogP contribution in [0.3, 0.4) is 0 Å². The van der Waals surface area contributed by atoms with Gasteiger partial charge in [-0.3, -0.25) is 14.5 Å². The van der Waals surface area contributed by atoms with Crippen LogP contribution in [0.15, 0.2) is 10.5 Å². The molecule has 0 saturated carbocycles. The number of aryl methyl sites for hydroxylation is 1. The molecule has 0 aliphatic carbocycles. The molecule has 2 rings (SSSR count). The molecular weight excluding hydrogens is 282 g/mol. The lowest BCUT2D eigenvalue weighted by molar-refractivity contribution is -0.137. The van der Waals surface area contributed by atoms with E-state index in [0.29, 0.717) is 36.8 Å². The fourth-order valence-corrected chi connectivity index (χ4v) is 2.90. The highest BCUT2D eigenvalue weighted by Gasteiger charge is 2.31. The maximum Gasteiger partial charge on any atom is 0.303 e. The van der Waals surface area contributed by atoms with E-state index in [0.717, 1.165) is 0 Å². The van der Waals surface area contributed by atoms with Crippen molar-refractivity contribution >= 4 is 28.3 Å². The van der Waals surface area contributed by atoms with Gasteiger partial charge in [-0.15, -0.1) is 11.3 Å². The zero-order valence-electron chi connectivity index (χ0n) is 10.6. The number of aromatic nitrogens is 1.